The lowest BCUT2D eigenvalue weighted by molar-refractivity contribution is 0.0768. The molecule has 0 aromatic carbocycles. The summed E-state index contributed by atoms with van der Waals surface area (Å²) in [6.45, 7) is 3.47. The van der Waals surface area contributed by atoms with Gasteiger partial charge in [0, 0.05) is 23.8 Å². The van der Waals surface area contributed by atoms with E-state index in [1.54, 1.807) is 17.2 Å². The maximum atomic E-state index is 12.2. The highest BCUT2D eigenvalue weighted by atomic mass is 79.9. The van der Waals surface area contributed by atoms with Gasteiger partial charge in [-0.2, -0.15) is 0 Å². The van der Waals surface area contributed by atoms with Crippen LogP contribution in [-0.4, -0.2) is 28.9 Å². The third kappa shape index (κ3) is 2.87. The number of carbonyl (C=O) groups excluding carboxylic acids is 1. The lowest BCUT2D eigenvalue weighted by Crippen LogP contribution is -2.34. The number of halogens is 2. The van der Waals surface area contributed by atoms with E-state index < -0.39 is 0 Å². The molecular formula is C12H12BrClN2O. The van der Waals surface area contributed by atoms with Crippen LogP contribution in [0.3, 0.4) is 0 Å². The number of nitrogens with zero attached hydrogens (tertiary/aromatic N) is 2. The molecule has 0 bridgehead atoms. The third-order valence-corrected chi connectivity index (χ3v) is 3.49. The summed E-state index contributed by atoms with van der Waals surface area (Å²) < 4.78 is 0.758. The maximum Gasteiger partial charge on any atom is 0.257 e. The van der Waals surface area contributed by atoms with Crippen LogP contribution in [0.1, 0.15) is 23.7 Å². The minimum atomic E-state index is -0.0625. The second kappa shape index (κ2) is 5.19. The molecule has 0 radical (unpaired) electrons. The van der Waals surface area contributed by atoms with Gasteiger partial charge in [0.2, 0.25) is 0 Å². The van der Waals surface area contributed by atoms with E-state index in [4.69, 9.17) is 11.6 Å². The summed E-state index contributed by atoms with van der Waals surface area (Å²) in [5.41, 5.74) is 1.78. The third-order valence-electron chi connectivity index (χ3n) is 2.76. The fourth-order valence-corrected chi connectivity index (χ4v) is 2.21. The summed E-state index contributed by atoms with van der Waals surface area (Å²) in [4.78, 5) is 18.0. The normalized spacial score (nSPS) is 15.7. The van der Waals surface area contributed by atoms with Crippen LogP contribution in [0.2, 0.25) is 5.15 Å². The second-order valence-electron chi connectivity index (χ2n) is 4.04. The molecule has 0 unspecified atom stereocenters. The first-order valence-corrected chi connectivity index (χ1v) is 6.51. The average Bonchev–Trinajstić information content (AvgIpc) is 2.32. The molecule has 17 heavy (non-hydrogen) atoms. The van der Waals surface area contributed by atoms with Gasteiger partial charge in [0.05, 0.1) is 5.56 Å². The number of rotatable bonds is 1. The summed E-state index contributed by atoms with van der Waals surface area (Å²) in [6.07, 6.45) is 4.57. The summed E-state index contributed by atoms with van der Waals surface area (Å²) in [5, 5.41) is 0.254. The largest absolute Gasteiger partial charge is 0.335 e. The number of aromatic nitrogens is 1. The molecule has 1 amide bonds. The van der Waals surface area contributed by atoms with Crippen molar-refractivity contribution in [3.63, 3.8) is 0 Å². The van der Waals surface area contributed by atoms with Crippen molar-refractivity contribution in [1.29, 1.82) is 0 Å². The topological polar surface area (TPSA) is 33.2 Å². The molecule has 0 saturated heterocycles. The number of hydrogen-bond acceptors (Lipinski definition) is 2. The van der Waals surface area contributed by atoms with E-state index in [9.17, 15) is 4.79 Å². The summed E-state index contributed by atoms with van der Waals surface area (Å²) >= 11 is 9.24. The maximum absolute atomic E-state index is 12.2. The van der Waals surface area contributed by atoms with E-state index in [-0.39, 0.29) is 11.1 Å². The molecule has 3 nitrogen and oxygen atoms in total. The van der Waals surface area contributed by atoms with Crippen LogP contribution in [-0.2, 0) is 0 Å². The summed E-state index contributed by atoms with van der Waals surface area (Å²) in [7, 11) is 0. The summed E-state index contributed by atoms with van der Waals surface area (Å²) in [6, 6.07) is 1.71. The SMILES string of the molecule is CC1=CCN(C(=O)c2cc(Br)cnc2Cl)CC1. The molecule has 0 saturated carbocycles. The van der Waals surface area contributed by atoms with E-state index in [2.05, 4.69) is 33.9 Å². The van der Waals surface area contributed by atoms with Gasteiger partial charge >= 0.3 is 0 Å². The van der Waals surface area contributed by atoms with Crippen molar-refractivity contribution in [2.24, 2.45) is 0 Å². The number of pyridine rings is 1. The fourth-order valence-electron chi connectivity index (χ4n) is 1.70. The standard InChI is InChI=1S/C12H12BrClN2O/c1-8-2-4-16(5-3-8)12(17)10-6-9(13)7-15-11(10)14/h2,6-7H,3-5H2,1H3. The Kier molecular flexibility index (Phi) is 3.84. The molecule has 5 heteroatoms. The smallest absolute Gasteiger partial charge is 0.257 e. The molecule has 0 atom stereocenters. The highest BCUT2D eigenvalue weighted by molar-refractivity contribution is 9.10. The van der Waals surface area contributed by atoms with Crippen molar-refractivity contribution in [2.75, 3.05) is 13.1 Å². The average molecular weight is 316 g/mol. The van der Waals surface area contributed by atoms with Crippen LogP contribution < -0.4 is 0 Å². The highest BCUT2D eigenvalue weighted by Crippen LogP contribution is 2.21. The van der Waals surface area contributed by atoms with Crippen LogP contribution in [0.15, 0.2) is 28.4 Å². The van der Waals surface area contributed by atoms with Crippen molar-refractivity contribution in [3.8, 4) is 0 Å². The van der Waals surface area contributed by atoms with Crippen molar-refractivity contribution < 1.29 is 4.79 Å². The quantitative estimate of drug-likeness (QED) is 0.588. The Bertz CT molecular complexity index is 487. The molecule has 2 heterocycles. The molecule has 1 aliphatic heterocycles. The van der Waals surface area contributed by atoms with E-state index in [0.29, 0.717) is 12.1 Å². The molecule has 2 rings (SSSR count). The summed E-state index contributed by atoms with van der Waals surface area (Å²) in [5.74, 6) is -0.0625. The lowest BCUT2D eigenvalue weighted by atomic mass is 10.1. The van der Waals surface area contributed by atoms with Gasteiger partial charge < -0.3 is 4.90 Å². The fraction of sp³-hybridized carbons (Fsp3) is 0.333. The molecular weight excluding hydrogens is 304 g/mol. The van der Waals surface area contributed by atoms with Gasteiger partial charge in [0.1, 0.15) is 5.15 Å². The van der Waals surface area contributed by atoms with Gasteiger partial charge in [0.15, 0.2) is 0 Å². The zero-order valence-corrected chi connectivity index (χ0v) is 11.8. The van der Waals surface area contributed by atoms with Crippen molar-refractivity contribution in [3.05, 3.63) is 39.1 Å². The van der Waals surface area contributed by atoms with Gasteiger partial charge in [-0.25, -0.2) is 4.98 Å². The van der Waals surface area contributed by atoms with E-state index in [0.717, 1.165) is 17.4 Å². The van der Waals surface area contributed by atoms with E-state index in [1.807, 2.05) is 0 Å². The highest BCUT2D eigenvalue weighted by Gasteiger charge is 2.20. The monoisotopic (exact) mass is 314 g/mol. The van der Waals surface area contributed by atoms with Gasteiger partial charge in [-0.1, -0.05) is 23.3 Å². The van der Waals surface area contributed by atoms with Crippen LogP contribution in [0.4, 0.5) is 0 Å². The molecule has 0 spiro atoms. The number of amides is 1. The molecule has 0 N–H and O–H groups in total. The van der Waals surface area contributed by atoms with Crippen LogP contribution in [0, 0.1) is 0 Å². The molecule has 1 aliphatic rings. The van der Waals surface area contributed by atoms with Crippen LogP contribution >= 0.6 is 27.5 Å². The van der Waals surface area contributed by atoms with Gasteiger partial charge in [-0.15, -0.1) is 0 Å². The molecule has 1 aromatic heterocycles. The molecule has 0 aliphatic carbocycles. The Labute approximate surface area is 114 Å². The molecule has 90 valence electrons. The Balaban J connectivity index is 2.23. The first-order chi connectivity index (χ1) is 8.08. The number of hydrogen-bond donors (Lipinski definition) is 0. The van der Waals surface area contributed by atoms with Gasteiger partial charge in [0.25, 0.3) is 5.91 Å². The van der Waals surface area contributed by atoms with Crippen molar-refractivity contribution >= 4 is 33.4 Å². The first kappa shape index (κ1) is 12.6. The molecule has 0 fully saturated rings. The van der Waals surface area contributed by atoms with Crippen molar-refractivity contribution in [2.45, 2.75) is 13.3 Å². The Morgan fingerprint density at radius 3 is 3.00 bits per heavy atom. The lowest BCUT2D eigenvalue weighted by Gasteiger charge is -2.25. The zero-order chi connectivity index (χ0) is 12.4. The predicted molar refractivity (Wildman–Crippen MR) is 71.2 cm³/mol. The minimum Gasteiger partial charge on any atom is -0.335 e. The van der Waals surface area contributed by atoms with E-state index >= 15 is 0 Å². The van der Waals surface area contributed by atoms with Crippen LogP contribution in [0.5, 0.6) is 0 Å². The predicted octanol–water partition coefficient (Wildman–Crippen LogP) is 3.29. The number of carbonyl (C=O) groups is 1. The minimum absolute atomic E-state index is 0.0625. The van der Waals surface area contributed by atoms with Crippen LogP contribution in [0.25, 0.3) is 0 Å². The second-order valence-corrected chi connectivity index (χ2v) is 5.32. The Morgan fingerprint density at radius 2 is 2.35 bits per heavy atom. The Hall–Kier alpha value is -0.870. The molecule has 1 aromatic rings. The van der Waals surface area contributed by atoms with Crippen molar-refractivity contribution in [1.82, 2.24) is 9.88 Å². The van der Waals surface area contributed by atoms with E-state index in [1.165, 1.54) is 5.57 Å². The Morgan fingerprint density at radius 1 is 1.59 bits per heavy atom. The first-order valence-electron chi connectivity index (χ1n) is 5.34. The van der Waals surface area contributed by atoms with Gasteiger partial charge in [-0.05, 0) is 35.3 Å². The van der Waals surface area contributed by atoms with Gasteiger partial charge in [-0.3, -0.25) is 4.79 Å². The zero-order valence-electron chi connectivity index (χ0n) is 9.41.